The number of fused-ring (bicyclic) bond motifs is 1. The van der Waals surface area contributed by atoms with Crippen LogP contribution in [0.15, 0.2) is 24.3 Å². The van der Waals surface area contributed by atoms with Gasteiger partial charge in [0.2, 0.25) is 10.0 Å². The normalized spacial score (nSPS) is 26.2. The van der Waals surface area contributed by atoms with Crippen molar-refractivity contribution in [1.29, 1.82) is 0 Å². The molecule has 0 radical (unpaired) electrons. The van der Waals surface area contributed by atoms with E-state index < -0.39 is 21.5 Å². The van der Waals surface area contributed by atoms with Gasteiger partial charge in [-0.1, -0.05) is 24.3 Å². The Labute approximate surface area is 131 Å². The van der Waals surface area contributed by atoms with Gasteiger partial charge in [0.15, 0.2) is 0 Å². The van der Waals surface area contributed by atoms with Crippen LogP contribution < -0.4 is 0 Å². The van der Waals surface area contributed by atoms with Crippen LogP contribution in [0.3, 0.4) is 0 Å². The van der Waals surface area contributed by atoms with E-state index in [1.54, 1.807) is 0 Å². The zero-order valence-electron chi connectivity index (χ0n) is 12.7. The van der Waals surface area contributed by atoms with Crippen LogP contribution in [0.5, 0.6) is 0 Å². The van der Waals surface area contributed by atoms with Crippen LogP contribution in [0, 0.1) is 5.92 Å². The van der Waals surface area contributed by atoms with E-state index in [-0.39, 0.29) is 11.7 Å². The van der Waals surface area contributed by atoms with E-state index in [0.29, 0.717) is 19.4 Å². The van der Waals surface area contributed by atoms with E-state index in [2.05, 4.69) is 0 Å². The van der Waals surface area contributed by atoms with E-state index in [4.69, 9.17) is 0 Å². The first-order valence-electron chi connectivity index (χ1n) is 7.63. The van der Waals surface area contributed by atoms with Gasteiger partial charge in [-0.15, -0.1) is 0 Å². The molecule has 6 heteroatoms. The lowest BCUT2D eigenvalue weighted by Gasteiger charge is -2.31. The molecule has 0 saturated carbocycles. The number of benzene rings is 1. The van der Waals surface area contributed by atoms with Gasteiger partial charge >= 0.3 is 5.97 Å². The van der Waals surface area contributed by atoms with Crippen molar-refractivity contribution in [3.8, 4) is 0 Å². The lowest BCUT2D eigenvalue weighted by molar-refractivity contribution is -0.146. The largest absolute Gasteiger partial charge is 0.480 e. The first kappa shape index (κ1) is 15.5. The highest BCUT2D eigenvalue weighted by atomic mass is 32.2. The van der Waals surface area contributed by atoms with Gasteiger partial charge in [-0.2, -0.15) is 4.31 Å². The smallest absolute Gasteiger partial charge is 0.324 e. The summed E-state index contributed by atoms with van der Waals surface area (Å²) in [7, 11) is -3.56. The summed E-state index contributed by atoms with van der Waals surface area (Å²) in [5.74, 6) is -0.978. The first-order chi connectivity index (χ1) is 10.3. The fourth-order valence-electron chi connectivity index (χ4n) is 3.75. The number of nitrogens with zero attached hydrogens (tertiary/aromatic N) is 1. The van der Waals surface area contributed by atoms with Crippen LogP contribution in [0.25, 0.3) is 0 Å². The van der Waals surface area contributed by atoms with Gasteiger partial charge in [0.05, 0.1) is 5.75 Å². The predicted octanol–water partition coefficient (Wildman–Crippen LogP) is 1.67. The zero-order valence-corrected chi connectivity index (χ0v) is 13.5. The second-order valence-electron chi connectivity index (χ2n) is 6.58. The minimum atomic E-state index is -3.56. The minimum absolute atomic E-state index is 0.0323. The Bertz CT molecular complexity index is 675. The van der Waals surface area contributed by atoms with Gasteiger partial charge in [0.1, 0.15) is 5.54 Å². The molecule has 1 saturated heterocycles. The van der Waals surface area contributed by atoms with E-state index in [1.165, 1.54) is 22.4 Å². The molecule has 1 fully saturated rings. The Hall–Kier alpha value is -1.40. The second kappa shape index (κ2) is 5.35. The molecule has 5 nitrogen and oxygen atoms in total. The molecule has 1 atom stereocenters. The maximum absolute atomic E-state index is 12.7. The van der Waals surface area contributed by atoms with Crippen LogP contribution in [0.2, 0.25) is 0 Å². The summed E-state index contributed by atoms with van der Waals surface area (Å²) in [5.41, 5.74) is 1.14. The van der Waals surface area contributed by atoms with Gasteiger partial charge in [-0.3, -0.25) is 4.79 Å². The van der Waals surface area contributed by atoms with Crippen LogP contribution in [-0.4, -0.2) is 41.6 Å². The van der Waals surface area contributed by atoms with E-state index in [0.717, 1.165) is 12.8 Å². The van der Waals surface area contributed by atoms with E-state index >= 15 is 0 Å². The summed E-state index contributed by atoms with van der Waals surface area (Å²) in [6.45, 7) is 1.83. The van der Waals surface area contributed by atoms with Crippen molar-refractivity contribution < 1.29 is 18.3 Å². The van der Waals surface area contributed by atoms with Crippen LogP contribution in [-0.2, 0) is 27.7 Å². The van der Waals surface area contributed by atoms with Crippen molar-refractivity contribution in [1.82, 2.24) is 4.31 Å². The third-order valence-corrected chi connectivity index (χ3v) is 7.10. The second-order valence-corrected chi connectivity index (χ2v) is 8.51. The fraction of sp³-hybridized carbons (Fsp3) is 0.562. The Morgan fingerprint density at radius 1 is 1.32 bits per heavy atom. The maximum Gasteiger partial charge on any atom is 0.324 e. The van der Waals surface area contributed by atoms with E-state index in [1.807, 2.05) is 24.3 Å². The zero-order chi connectivity index (χ0) is 16.0. The molecule has 120 valence electrons. The van der Waals surface area contributed by atoms with Crippen molar-refractivity contribution >= 4 is 16.0 Å². The van der Waals surface area contributed by atoms with Crippen molar-refractivity contribution in [2.24, 2.45) is 5.92 Å². The van der Waals surface area contributed by atoms with Gasteiger partial charge < -0.3 is 5.11 Å². The summed E-state index contributed by atoms with van der Waals surface area (Å²) >= 11 is 0. The van der Waals surface area contributed by atoms with Crippen LogP contribution >= 0.6 is 0 Å². The number of carbonyl (C=O) groups is 1. The van der Waals surface area contributed by atoms with Gasteiger partial charge in [0, 0.05) is 6.54 Å². The molecular formula is C16H21NO4S. The minimum Gasteiger partial charge on any atom is -0.480 e. The molecule has 1 aromatic rings. The summed E-state index contributed by atoms with van der Waals surface area (Å²) in [4.78, 5) is 11.5. The lowest BCUT2D eigenvalue weighted by atomic mass is 10.0. The summed E-state index contributed by atoms with van der Waals surface area (Å²) < 4.78 is 26.7. The number of hydrogen-bond acceptors (Lipinski definition) is 3. The van der Waals surface area contributed by atoms with Crippen molar-refractivity contribution in [2.75, 3.05) is 12.3 Å². The van der Waals surface area contributed by atoms with Crippen molar-refractivity contribution in [3.05, 3.63) is 35.4 Å². The quantitative estimate of drug-likeness (QED) is 0.914. The Balaban J connectivity index is 1.77. The number of carboxylic acids is 1. The average Bonchev–Trinajstić information content (AvgIpc) is 3.01. The molecular weight excluding hydrogens is 302 g/mol. The van der Waals surface area contributed by atoms with Crippen LogP contribution in [0.4, 0.5) is 0 Å². The van der Waals surface area contributed by atoms with Gasteiger partial charge in [-0.25, -0.2) is 8.42 Å². The third-order valence-electron chi connectivity index (χ3n) is 4.95. The molecule has 22 heavy (non-hydrogen) atoms. The molecule has 0 aromatic heterocycles. The monoisotopic (exact) mass is 323 g/mol. The van der Waals surface area contributed by atoms with Crippen molar-refractivity contribution in [3.63, 3.8) is 0 Å². The third kappa shape index (κ3) is 2.54. The Morgan fingerprint density at radius 3 is 2.45 bits per heavy atom. The Kier molecular flexibility index (Phi) is 3.77. The highest BCUT2D eigenvalue weighted by Crippen LogP contribution is 2.34. The molecule has 0 amide bonds. The number of rotatable bonds is 4. The Morgan fingerprint density at radius 2 is 1.91 bits per heavy atom. The molecule has 0 spiro atoms. The lowest BCUT2D eigenvalue weighted by Crippen LogP contribution is -2.51. The maximum atomic E-state index is 12.7. The molecule has 1 N–H and O–H groups in total. The molecule has 1 aliphatic carbocycles. The van der Waals surface area contributed by atoms with E-state index in [9.17, 15) is 18.3 Å². The molecule has 3 rings (SSSR count). The predicted molar refractivity (Wildman–Crippen MR) is 83.1 cm³/mol. The molecule has 0 bridgehead atoms. The van der Waals surface area contributed by atoms with Crippen LogP contribution in [0.1, 0.15) is 30.9 Å². The van der Waals surface area contributed by atoms with Crippen molar-refractivity contribution in [2.45, 2.75) is 38.1 Å². The van der Waals surface area contributed by atoms with Gasteiger partial charge in [-0.05, 0) is 49.7 Å². The summed E-state index contributed by atoms with van der Waals surface area (Å²) in [5, 5.41) is 9.40. The standard InChI is InChI=1S/C16H21NO4S/c1-16(15(18)19)7-4-8-17(16)22(20,21)11-12-9-13-5-2-3-6-14(13)10-12/h2-3,5-6,12H,4,7-11H2,1H3,(H,18,19). The fourth-order valence-corrected chi connectivity index (χ4v) is 5.96. The average molecular weight is 323 g/mol. The number of hydrogen-bond donors (Lipinski definition) is 1. The highest BCUT2D eigenvalue weighted by Gasteiger charge is 2.49. The summed E-state index contributed by atoms with van der Waals surface area (Å²) in [6, 6.07) is 8.02. The molecule has 1 heterocycles. The number of aliphatic carboxylic acids is 1. The summed E-state index contributed by atoms with van der Waals surface area (Å²) in [6.07, 6.45) is 2.50. The highest BCUT2D eigenvalue weighted by molar-refractivity contribution is 7.89. The molecule has 1 aliphatic heterocycles. The molecule has 1 aromatic carbocycles. The SMILES string of the molecule is CC1(C(=O)O)CCCN1S(=O)(=O)CC1Cc2ccccc2C1. The molecule has 2 aliphatic rings. The topological polar surface area (TPSA) is 74.7 Å². The molecule has 1 unspecified atom stereocenters. The van der Waals surface area contributed by atoms with Gasteiger partial charge in [0.25, 0.3) is 0 Å². The number of sulfonamides is 1. The first-order valence-corrected chi connectivity index (χ1v) is 9.24. The number of carboxylic acid groups (broad SMARTS) is 1.